The first kappa shape index (κ1) is 13.7. The highest BCUT2D eigenvalue weighted by Crippen LogP contribution is 2.21. The number of rotatable bonds is 4. The van der Waals surface area contributed by atoms with Crippen molar-refractivity contribution in [2.45, 2.75) is 38.6 Å². The van der Waals surface area contributed by atoms with Gasteiger partial charge in [0.05, 0.1) is 0 Å². The van der Waals surface area contributed by atoms with Gasteiger partial charge >= 0.3 is 0 Å². The first-order valence-electron chi connectivity index (χ1n) is 7.25. The predicted molar refractivity (Wildman–Crippen MR) is 77.8 cm³/mol. The summed E-state index contributed by atoms with van der Waals surface area (Å²) in [5.74, 6) is 2.16. The Morgan fingerprint density at radius 2 is 2.00 bits per heavy atom. The Kier molecular flexibility index (Phi) is 5.64. The summed E-state index contributed by atoms with van der Waals surface area (Å²) >= 11 is 1.99. The maximum atomic E-state index is 2.75. The van der Waals surface area contributed by atoms with Gasteiger partial charge in [-0.15, -0.1) is 0 Å². The van der Waals surface area contributed by atoms with Crippen molar-refractivity contribution in [1.82, 2.24) is 9.80 Å². The molecule has 3 heteroatoms. The van der Waals surface area contributed by atoms with Crippen molar-refractivity contribution in [3.05, 3.63) is 0 Å². The Balaban J connectivity index is 1.82. The van der Waals surface area contributed by atoms with Crippen LogP contribution in [0, 0.1) is 5.92 Å². The van der Waals surface area contributed by atoms with Gasteiger partial charge in [0.1, 0.15) is 0 Å². The lowest BCUT2D eigenvalue weighted by Gasteiger charge is -2.35. The largest absolute Gasteiger partial charge is 0.301 e. The van der Waals surface area contributed by atoms with Crippen molar-refractivity contribution in [3.63, 3.8) is 0 Å². The van der Waals surface area contributed by atoms with E-state index in [2.05, 4.69) is 23.0 Å². The van der Waals surface area contributed by atoms with Crippen molar-refractivity contribution in [2.75, 3.05) is 44.7 Å². The van der Waals surface area contributed by atoms with Gasteiger partial charge in [-0.05, 0) is 56.8 Å². The van der Waals surface area contributed by atoms with Gasteiger partial charge in [0.25, 0.3) is 0 Å². The molecule has 0 aromatic heterocycles. The van der Waals surface area contributed by atoms with Crippen LogP contribution in [0.3, 0.4) is 0 Å². The van der Waals surface area contributed by atoms with Gasteiger partial charge < -0.3 is 4.90 Å². The minimum absolute atomic E-state index is 0.847. The van der Waals surface area contributed by atoms with E-state index in [1.165, 1.54) is 64.2 Å². The van der Waals surface area contributed by atoms with Gasteiger partial charge in [0.2, 0.25) is 0 Å². The van der Waals surface area contributed by atoms with Gasteiger partial charge in [-0.3, -0.25) is 4.90 Å². The van der Waals surface area contributed by atoms with Crippen LogP contribution in [0.25, 0.3) is 0 Å². The Bertz CT molecular complexity index is 222. The normalized spacial score (nSPS) is 29.6. The van der Waals surface area contributed by atoms with Gasteiger partial charge in [-0.1, -0.05) is 13.3 Å². The van der Waals surface area contributed by atoms with Crippen molar-refractivity contribution in [2.24, 2.45) is 5.92 Å². The van der Waals surface area contributed by atoms with Gasteiger partial charge in [0, 0.05) is 19.1 Å². The fourth-order valence-electron chi connectivity index (χ4n) is 3.39. The van der Waals surface area contributed by atoms with Crippen LogP contribution < -0.4 is 0 Å². The third kappa shape index (κ3) is 4.15. The molecule has 2 aliphatic heterocycles. The Hall–Kier alpha value is 0.270. The molecule has 0 N–H and O–H groups in total. The first-order valence-corrected chi connectivity index (χ1v) is 8.64. The quantitative estimate of drug-likeness (QED) is 0.763. The molecule has 2 unspecified atom stereocenters. The first-order chi connectivity index (χ1) is 8.29. The van der Waals surface area contributed by atoms with E-state index in [0.29, 0.717) is 0 Å². The Morgan fingerprint density at radius 3 is 2.82 bits per heavy atom. The number of fused-ring (bicyclic) bond motifs is 1. The highest BCUT2D eigenvalue weighted by molar-refractivity contribution is 7.98. The third-order valence-electron chi connectivity index (χ3n) is 4.16. The van der Waals surface area contributed by atoms with Crippen LogP contribution >= 0.6 is 11.8 Å². The fourth-order valence-corrected chi connectivity index (χ4v) is 4.07. The van der Waals surface area contributed by atoms with Gasteiger partial charge in [-0.25, -0.2) is 0 Å². The summed E-state index contributed by atoms with van der Waals surface area (Å²) in [7, 11) is 0. The fraction of sp³-hybridized carbons (Fsp3) is 1.00. The summed E-state index contributed by atoms with van der Waals surface area (Å²) in [5.41, 5.74) is 0. The smallest absolute Gasteiger partial charge is 0.0223 e. The van der Waals surface area contributed by atoms with E-state index in [0.717, 1.165) is 12.0 Å². The summed E-state index contributed by atoms with van der Waals surface area (Å²) in [6.07, 6.45) is 7.92. The molecule has 0 amide bonds. The van der Waals surface area contributed by atoms with Gasteiger partial charge in [-0.2, -0.15) is 11.8 Å². The molecule has 0 saturated carbocycles. The molecule has 100 valence electrons. The molecule has 2 heterocycles. The zero-order chi connectivity index (χ0) is 12.1. The lowest BCUT2D eigenvalue weighted by Crippen LogP contribution is -2.44. The summed E-state index contributed by atoms with van der Waals surface area (Å²) < 4.78 is 0. The van der Waals surface area contributed by atoms with Crippen LogP contribution in [-0.4, -0.2) is 60.6 Å². The molecule has 2 atom stereocenters. The Morgan fingerprint density at radius 1 is 1.18 bits per heavy atom. The topological polar surface area (TPSA) is 6.48 Å². The maximum absolute atomic E-state index is 2.75. The third-order valence-corrected chi connectivity index (χ3v) is 5.06. The predicted octanol–water partition coefficient (Wildman–Crippen LogP) is 2.55. The van der Waals surface area contributed by atoms with Crippen LogP contribution in [0.1, 0.15) is 32.6 Å². The Labute approximate surface area is 111 Å². The van der Waals surface area contributed by atoms with Crippen molar-refractivity contribution in [3.8, 4) is 0 Å². The number of nitrogens with zero attached hydrogens (tertiary/aromatic N) is 2. The molecular weight excluding hydrogens is 228 g/mol. The lowest BCUT2D eigenvalue weighted by molar-refractivity contribution is 0.133. The monoisotopic (exact) mass is 256 g/mol. The molecule has 2 rings (SSSR count). The molecule has 2 aliphatic rings. The molecule has 0 aromatic carbocycles. The van der Waals surface area contributed by atoms with E-state index in [1.807, 2.05) is 11.8 Å². The van der Waals surface area contributed by atoms with E-state index in [9.17, 15) is 0 Å². The van der Waals surface area contributed by atoms with Gasteiger partial charge in [0.15, 0.2) is 0 Å². The summed E-state index contributed by atoms with van der Waals surface area (Å²) in [4.78, 5) is 5.49. The summed E-state index contributed by atoms with van der Waals surface area (Å²) in [6.45, 7) is 9.08. The molecule has 2 nitrogen and oxygen atoms in total. The van der Waals surface area contributed by atoms with Crippen molar-refractivity contribution < 1.29 is 0 Å². The van der Waals surface area contributed by atoms with E-state index in [-0.39, 0.29) is 0 Å². The molecular formula is C14H28N2S. The number of hydrogen-bond acceptors (Lipinski definition) is 3. The minimum Gasteiger partial charge on any atom is -0.301 e. The van der Waals surface area contributed by atoms with Crippen LogP contribution in [-0.2, 0) is 0 Å². The molecule has 0 spiro atoms. The van der Waals surface area contributed by atoms with E-state index < -0.39 is 0 Å². The standard InChI is InChI=1S/C14H28N2S/c1-13(12-17-2)10-15-7-5-9-16-8-4-3-6-14(16)11-15/h13-14H,3-12H2,1-2H3. The average molecular weight is 256 g/mol. The van der Waals surface area contributed by atoms with Crippen LogP contribution in [0.5, 0.6) is 0 Å². The molecule has 0 aromatic rings. The zero-order valence-corrected chi connectivity index (χ0v) is 12.3. The van der Waals surface area contributed by atoms with Crippen LogP contribution in [0.15, 0.2) is 0 Å². The second-order valence-electron chi connectivity index (χ2n) is 5.86. The highest BCUT2D eigenvalue weighted by atomic mass is 32.2. The molecule has 2 saturated heterocycles. The average Bonchev–Trinajstić information content (AvgIpc) is 2.50. The van der Waals surface area contributed by atoms with E-state index in [1.54, 1.807) is 0 Å². The maximum Gasteiger partial charge on any atom is 0.0223 e. The summed E-state index contributed by atoms with van der Waals surface area (Å²) in [5, 5.41) is 0. The van der Waals surface area contributed by atoms with Crippen LogP contribution in [0.2, 0.25) is 0 Å². The van der Waals surface area contributed by atoms with E-state index in [4.69, 9.17) is 0 Å². The molecule has 0 radical (unpaired) electrons. The van der Waals surface area contributed by atoms with Crippen molar-refractivity contribution in [1.29, 1.82) is 0 Å². The molecule has 0 bridgehead atoms. The number of piperidine rings is 1. The number of hydrogen-bond donors (Lipinski definition) is 0. The molecule has 0 aliphatic carbocycles. The lowest BCUT2D eigenvalue weighted by atomic mass is 10.0. The van der Waals surface area contributed by atoms with Crippen LogP contribution in [0.4, 0.5) is 0 Å². The number of thioether (sulfide) groups is 1. The zero-order valence-electron chi connectivity index (χ0n) is 11.5. The highest BCUT2D eigenvalue weighted by Gasteiger charge is 2.27. The summed E-state index contributed by atoms with van der Waals surface area (Å²) in [6, 6.07) is 0.868. The molecule has 17 heavy (non-hydrogen) atoms. The van der Waals surface area contributed by atoms with Crippen molar-refractivity contribution >= 4 is 11.8 Å². The molecule has 2 fully saturated rings. The SMILES string of the molecule is CSCC(C)CN1CCCN2CCCCC2C1. The minimum atomic E-state index is 0.847. The van der Waals surface area contributed by atoms with E-state index >= 15 is 0 Å². The second kappa shape index (κ2) is 7.01. The second-order valence-corrected chi connectivity index (χ2v) is 6.77.